The van der Waals surface area contributed by atoms with Crippen molar-refractivity contribution in [3.8, 4) is 16.6 Å². The fourth-order valence-corrected chi connectivity index (χ4v) is 2.30. The molecule has 0 amide bonds. The van der Waals surface area contributed by atoms with E-state index in [0.717, 1.165) is 16.2 Å². The van der Waals surface area contributed by atoms with Crippen molar-refractivity contribution in [3.05, 3.63) is 29.6 Å². The quantitative estimate of drug-likeness (QED) is 0.771. The van der Waals surface area contributed by atoms with Gasteiger partial charge in [-0.2, -0.15) is 4.98 Å². The van der Waals surface area contributed by atoms with E-state index in [-0.39, 0.29) is 0 Å². The van der Waals surface area contributed by atoms with Crippen molar-refractivity contribution in [3.63, 3.8) is 0 Å². The van der Waals surface area contributed by atoms with Gasteiger partial charge in [-0.05, 0) is 24.4 Å². The monoisotopic (exact) mass is 245 g/mol. The molecular formula is C12H11N3OS. The molecule has 0 radical (unpaired) electrons. The smallest absolute Gasteiger partial charge is 0.215 e. The Balaban J connectivity index is 2.07. The maximum absolute atomic E-state index is 5.35. The van der Waals surface area contributed by atoms with Crippen LogP contribution in [0.3, 0.4) is 0 Å². The molecule has 0 aliphatic heterocycles. The molecule has 0 aliphatic carbocycles. The summed E-state index contributed by atoms with van der Waals surface area (Å²) in [5.41, 5.74) is 1.62. The number of aromatic nitrogens is 3. The van der Waals surface area contributed by atoms with Gasteiger partial charge in [0.05, 0.1) is 17.0 Å². The molecule has 0 saturated carbocycles. The van der Waals surface area contributed by atoms with E-state index < -0.39 is 0 Å². The number of rotatable bonds is 3. The predicted molar refractivity (Wildman–Crippen MR) is 68.4 cm³/mol. The third-order valence-electron chi connectivity index (χ3n) is 2.37. The highest BCUT2D eigenvalue weighted by Gasteiger charge is 2.07. The molecule has 0 atom stereocenters. The molecule has 86 valence electrons. The molecule has 3 rings (SSSR count). The molecule has 1 N–H and O–H groups in total. The van der Waals surface area contributed by atoms with Crippen LogP contribution in [-0.2, 0) is 0 Å². The lowest BCUT2D eigenvalue weighted by molar-refractivity contribution is 0.328. The first-order valence-electron chi connectivity index (χ1n) is 5.40. The summed E-state index contributed by atoms with van der Waals surface area (Å²) in [4.78, 5) is 13.2. The summed E-state index contributed by atoms with van der Waals surface area (Å²) in [6.45, 7) is 2.55. The number of imidazole rings is 1. The summed E-state index contributed by atoms with van der Waals surface area (Å²) in [5.74, 6) is 1.47. The first-order valence-corrected chi connectivity index (χ1v) is 6.28. The Morgan fingerprint density at radius 1 is 1.29 bits per heavy atom. The van der Waals surface area contributed by atoms with Gasteiger partial charge < -0.3 is 9.72 Å². The number of nitrogens with zero attached hydrogens (tertiary/aromatic N) is 2. The van der Waals surface area contributed by atoms with Gasteiger partial charge in [0, 0.05) is 6.07 Å². The highest BCUT2D eigenvalue weighted by Crippen LogP contribution is 2.24. The number of hydrogen-bond donors (Lipinski definition) is 1. The number of ether oxygens (including phenoxy) is 1. The minimum Gasteiger partial charge on any atom is -0.478 e. The summed E-state index contributed by atoms with van der Waals surface area (Å²) in [6.07, 6.45) is 0. The van der Waals surface area contributed by atoms with E-state index in [1.807, 2.05) is 36.6 Å². The summed E-state index contributed by atoms with van der Waals surface area (Å²) in [7, 11) is 0. The van der Waals surface area contributed by atoms with Gasteiger partial charge >= 0.3 is 0 Å². The van der Waals surface area contributed by atoms with Crippen molar-refractivity contribution < 1.29 is 4.74 Å². The molecule has 3 aromatic rings. The predicted octanol–water partition coefficient (Wildman–Crippen LogP) is 3.09. The van der Waals surface area contributed by atoms with E-state index in [1.165, 1.54) is 0 Å². The second kappa shape index (κ2) is 4.18. The normalized spacial score (nSPS) is 10.9. The summed E-state index contributed by atoms with van der Waals surface area (Å²) >= 11 is 1.65. The van der Waals surface area contributed by atoms with Crippen LogP contribution in [0.1, 0.15) is 6.92 Å². The maximum Gasteiger partial charge on any atom is 0.215 e. The Hall–Kier alpha value is -1.88. The standard InChI is InChI=1S/C12H11N3OS/c1-2-16-10-6-5-8-11(14-10)15-12(13-8)9-4-3-7-17-9/h3-7H,2H2,1H3,(H,13,14,15). The molecule has 3 heterocycles. The molecule has 0 aromatic carbocycles. The fourth-order valence-electron chi connectivity index (χ4n) is 1.63. The number of hydrogen-bond acceptors (Lipinski definition) is 4. The van der Waals surface area contributed by atoms with E-state index >= 15 is 0 Å². The molecule has 0 unspecified atom stereocenters. The number of nitrogens with one attached hydrogen (secondary N) is 1. The third kappa shape index (κ3) is 1.89. The number of fused-ring (bicyclic) bond motifs is 1. The van der Waals surface area contributed by atoms with Gasteiger partial charge in [0.25, 0.3) is 0 Å². The fraction of sp³-hybridized carbons (Fsp3) is 0.167. The molecular weight excluding hydrogens is 234 g/mol. The first-order chi connectivity index (χ1) is 8.36. The highest BCUT2D eigenvalue weighted by atomic mass is 32.1. The van der Waals surface area contributed by atoms with Gasteiger partial charge in [0.1, 0.15) is 0 Å². The Morgan fingerprint density at radius 3 is 3.00 bits per heavy atom. The topological polar surface area (TPSA) is 50.8 Å². The molecule has 0 aliphatic rings. The van der Waals surface area contributed by atoms with Crippen LogP contribution in [0.4, 0.5) is 0 Å². The van der Waals surface area contributed by atoms with Crippen LogP contribution in [0.15, 0.2) is 29.6 Å². The van der Waals surface area contributed by atoms with Crippen LogP contribution in [0.25, 0.3) is 21.9 Å². The average molecular weight is 245 g/mol. The molecule has 5 heteroatoms. The summed E-state index contributed by atoms with van der Waals surface area (Å²) in [5, 5.41) is 2.03. The Labute approximate surface area is 102 Å². The zero-order chi connectivity index (χ0) is 11.7. The van der Waals surface area contributed by atoms with Crippen molar-refractivity contribution in [1.82, 2.24) is 15.0 Å². The molecule has 17 heavy (non-hydrogen) atoms. The van der Waals surface area contributed by atoms with Crippen molar-refractivity contribution >= 4 is 22.5 Å². The van der Waals surface area contributed by atoms with Crippen LogP contribution in [0, 0.1) is 0 Å². The molecule has 3 aromatic heterocycles. The number of thiophene rings is 1. The Bertz CT molecular complexity index is 630. The minimum absolute atomic E-state index is 0.612. The molecule has 0 spiro atoms. The lowest BCUT2D eigenvalue weighted by Gasteiger charge is -1.99. The summed E-state index contributed by atoms with van der Waals surface area (Å²) in [6, 6.07) is 7.83. The van der Waals surface area contributed by atoms with Crippen LogP contribution >= 0.6 is 11.3 Å². The molecule has 4 nitrogen and oxygen atoms in total. The van der Waals surface area contributed by atoms with E-state index in [4.69, 9.17) is 4.74 Å². The number of pyridine rings is 1. The van der Waals surface area contributed by atoms with Gasteiger partial charge in [-0.25, -0.2) is 4.98 Å². The molecule has 0 saturated heterocycles. The number of H-pyrrole nitrogens is 1. The van der Waals surface area contributed by atoms with Crippen molar-refractivity contribution in [2.45, 2.75) is 6.92 Å². The second-order valence-electron chi connectivity index (χ2n) is 3.52. The minimum atomic E-state index is 0.612. The van der Waals surface area contributed by atoms with Gasteiger partial charge in [0.15, 0.2) is 11.5 Å². The zero-order valence-corrected chi connectivity index (χ0v) is 10.1. The lowest BCUT2D eigenvalue weighted by Crippen LogP contribution is -1.93. The highest BCUT2D eigenvalue weighted by molar-refractivity contribution is 7.13. The van der Waals surface area contributed by atoms with Crippen molar-refractivity contribution in [2.75, 3.05) is 6.61 Å². The average Bonchev–Trinajstić information content (AvgIpc) is 2.97. The van der Waals surface area contributed by atoms with Gasteiger partial charge in [-0.3, -0.25) is 0 Å². The first kappa shape index (κ1) is 10.3. The lowest BCUT2D eigenvalue weighted by atomic mass is 10.4. The van der Waals surface area contributed by atoms with Crippen LogP contribution in [0.2, 0.25) is 0 Å². The number of aromatic amines is 1. The van der Waals surface area contributed by atoms with Crippen LogP contribution < -0.4 is 4.74 Å². The van der Waals surface area contributed by atoms with Gasteiger partial charge in [0.2, 0.25) is 5.88 Å². The SMILES string of the molecule is CCOc1ccc2[nH]c(-c3cccs3)nc2n1. The second-order valence-corrected chi connectivity index (χ2v) is 4.46. The van der Waals surface area contributed by atoms with Gasteiger partial charge in [-0.1, -0.05) is 6.07 Å². The van der Waals surface area contributed by atoms with E-state index in [9.17, 15) is 0 Å². The zero-order valence-electron chi connectivity index (χ0n) is 9.30. The maximum atomic E-state index is 5.35. The van der Waals surface area contributed by atoms with Gasteiger partial charge in [-0.15, -0.1) is 11.3 Å². The van der Waals surface area contributed by atoms with Crippen molar-refractivity contribution in [1.29, 1.82) is 0 Å². The Morgan fingerprint density at radius 2 is 2.24 bits per heavy atom. The van der Waals surface area contributed by atoms with E-state index in [1.54, 1.807) is 11.3 Å². The largest absolute Gasteiger partial charge is 0.478 e. The third-order valence-corrected chi connectivity index (χ3v) is 3.24. The van der Waals surface area contributed by atoms with E-state index in [0.29, 0.717) is 18.1 Å². The Kier molecular flexibility index (Phi) is 2.53. The molecule has 0 bridgehead atoms. The van der Waals surface area contributed by atoms with Crippen LogP contribution in [0.5, 0.6) is 5.88 Å². The van der Waals surface area contributed by atoms with Crippen LogP contribution in [-0.4, -0.2) is 21.6 Å². The molecule has 0 fully saturated rings. The van der Waals surface area contributed by atoms with Crippen molar-refractivity contribution in [2.24, 2.45) is 0 Å². The van der Waals surface area contributed by atoms with E-state index in [2.05, 4.69) is 15.0 Å². The summed E-state index contributed by atoms with van der Waals surface area (Å²) < 4.78 is 5.35.